The van der Waals surface area contributed by atoms with Crippen LogP contribution >= 0.6 is 0 Å². The molecule has 9 nitrogen and oxygen atoms in total. The van der Waals surface area contributed by atoms with Gasteiger partial charge in [-0.1, -0.05) is 11.6 Å². The first-order valence-electron chi connectivity index (χ1n) is 11.9. The van der Waals surface area contributed by atoms with Gasteiger partial charge in [-0.15, -0.1) is 0 Å². The second-order valence-electron chi connectivity index (χ2n) is 10.8. The number of aliphatic carboxylic acids is 1. The van der Waals surface area contributed by atoms with Crippen molar-refractivity contribution in [1.82, 2.24) is 4.90 Å². The van der Waals surface area contributed by atoms with Gasteiger partial charge in [-0.05, 0) is 52.9 Å². The summed E-state index contributed by atoms with van der Waals surface area (Å²) in [5, 5.41) is 11.1. The third-order valence-corrected chi connectivity index (χ3v) is 8.22. The Morgan fingerprint density at radius 3 is 2.44 bits per heavy atom. The molecule has 0 N–H and O–H groups in total. The minimum absolute atomic E-state index is 0. The van der Waals surface area contributed by atoms with E-state index in [0.717, 1.165) is 12.8 Å². The average Bonchev–Trinajstić information content (AvgIpc) is 3.59. The molecule has 1 unspecified atom stereocenters. The van der Waals surface area contributed by atoms with E-state index in [0.29, 0.717) is 39.0 Å². The number of carboxylic acid groups (broad SMARTS) is 1. The van der Waals surface area contributed by atoms with Gasteiger partial charge in [-0.3, -0.25) is 0 Å². The minimum atomic E-state index is -1.20. The van der Waals surface area contributed by atoms with Crippen LogP contribution in [0.4, 0.5) is 4.79 Å². The molecule has 4 heterocycles. The standard InChI is InChI=1S/C24H35NO8.Na/c1-14(2)5-6-17-22(3,33-17)19-18(29-4)15(8-10-24(19)13-30-24)31-21(28)25-11-23(12-25)9-7-16(32-23)20(26)27;/h5,15-19H,6-13H2,1-4H3,(H,26,27);/q;+1/p-1/t15-,16?,17-,18-,19-,22+,24+;/m1./s1. The zero-order valence-electron chi connectivity index (χ0n) is 20.8. The van der Waals surface area contributed by atoms with Crippen LogP contribution < -0.4 is 34.7 Å². The summed E-state index contributed by atoms with van der Waals surface area (Å²) in [5.41, 5.74) is 0.0237. The molecule has 0 aromatic rings. The Morgan fingerprint density at radius 2 is 1.88 bits per heavy atom. The Bertz CT molecular complexity index is 850. The molecule has 34 heavy (non-hydrogen) atoms. The summed E-state index contributed by atoms with van der Waals surface area (Å²) in [5.74, 6) is -1.22. The molecule has 0 bridgehead atoms. The molecule has 184 valence electrons. The number of carbonyl (C=O) groups excluding carboxylic acids is 2. The van der Waals surface area contributed by atoms with Gasteiger partial charge < -0.3 is 38.5 Å². The number of carboxylic acids is 1. The van der Waals surface area contributed by atoms with Crippen LogP contribution in [-0.4, -0.2) is 85.0 Å². The van der Waals surface area contributed by atoms with Crippen LogP contribution in [0.2, 0.25) is 0 Å². The number of amides is 1. The van der Waals surface area contributed by atoms with E-state index in [4.69, 9.17) is 23.7 Å². The van der Waals surface area contributed by atoms with E-state index in [1.54, 1.807) is 12.0 Å². The molecule has 10 heteroatoms. The molecule has 1 amide bonds. The number of rotatable bonds is 6. The molecule has 5 rings (SSSR count). The Morgan fingerprint density at radius 1 is 1.18 bits per heavy atom. The number of epoxide rings is 2. The number of ether oxygens (including phenoxy) is 5. The maximum absolute atomic E-state index is 12.9. The molecule has 7 atom stereocenters. The molecule has 0 aromatic carbocycles. The number of hydrogen-bond donors (Lipinski definition) is 0. The predicted molar refractivity (Wildman–Crippen MR) is 113 cm³/mol. The van der Waals surface area contributed by atoms with E-state index in [1.807, 2.05) is 0 Å². The third kappa shape index (κ3) is 4.58. The fourth-order valence-corrected chi connectivity index (χ4v) is 6.27. The van der Waals surface area contributed by atoms with Crippen molar-refractivity contribution in [3.63, 3.8) is 0 Å². The number of likely N-dealkylation sites (tertiary alicyclic amines) is 1. The van der Waals surface area contributed by atoms with Gasteiger partial charge in [-0.2, -0.15) is 0 Å². The first kappa shape index (κ1) is 26.4. The monoisotopic (exact) mass is 487 g/mol. The third-order valence-electron chi connectivity index (χ3n) is 8.22. The van der Waals surface area contributed by atoms with Crippen LogP contribution in [0.25, 0.3) is 0 Å². The summed E-state index contributed by atoms with van der Waals surface area (Å²) in [4.78, 5) is 25.5. The number of nitrogens with zero attached hydrogens (tertiary/aromatic N) is 1. The van der Waals surface area contributed by atoms with E-state index >= 15 is 0 Å². The van der Waals surface area contributed by atoms with Crippen molar-refractivity contribution in [3.8, 4) is 0 Å². The van der Waals surface area contributed by atoms with Crippen molar-refractivity contribution >= 4 is 12.1 Å². The Labute approximate surface area is 222 Å². The number of hydrogen-bond acceptors (Lipinski definition) is 8. The molecule has 1 saturated carbocycles. The average molecular weight is 488 g/mol. The smallest absolute Gasteiger partial charge is 0.547 e. The Kier molecular flexibility index (Phi) is 7.23. The second-order valence-corrected chi connectivity index (χ2v) is 10.8. The fraction of sp³-hybridized carbons (Fsp3) is 0.833. The van der Waals surface area contributed by atoms with Gasteiger partial charge in [0, 0.05) is 7.11 Å². The Hall–Kier alpha value is -0.680. The van der Waals surface area contributed by atoms with Crippen LogP contribution in [-0.2, 0) is 28.5 Å². The van der Waals surface area contributed by atoms with Crippen molar-refractivity contribution < 1.29 is 67.9 Å². The maximum Gasteiger partial charge on any atom is 1.00 e. The van der Waals surface area contributed by atoms with Crippen LogP contribution in [0, 0.1) is 5.92 Å². The van der Waals surface area contributed by atoms with E-state index < -0.39 is 29.9 Å². The van der Waals surface area contributed by atoms with Crippen molar-refractivity contribution in [2.24, 2.45) is 5.92 Å². The molecule has 1 aliphatic carbocycles. The topological polar surface area (TPSA) is 113 Å². The molecular weight excluding hydrogens is 453 g/mol. The summed E-state index contributed by atoms with van der Waals surface area (Å²) < 4.78 is 29.7. The van der Waals surface area contributed by atoms with Crippen LogP contribution in [0.5, 0.6) is 0 Å². The summed E-state index contributed by atoms with van der Waals surface area (Å²) in [7, 11) is 1.65. The molecular formula is C24H34NNaO8. The van der Waals surface area contributed by atoms with Crippen molar-refractivity contribution in [3.05, 3.63) is 11.6 Å². The molecule has 0 aromatic heterocycles. The number of methoxy groups -OCH3 is 1. The van der Waals surface area contributed by atoms with Gasteiger partial charge in [0.1, 0.15) is 29.0 Å². The molecule has 2 spiro atoms. The molecule has 4 saturated heterocycles. The van der Waals surface area contributed by atoms with Gasteiger partial charge >= 0.3 is 35.7 Å². The van der Waals surface area contributed by atoms with E-state index in [-0.39, 0.29) is 58.9 Å². The van der Waals surface area contributed by atoms with Crippen LogP contribution in [0.15, 0.2) is 11.6 Å². The summed E-state index contributed by atoms with van der Waals surface area (Å²) >= 11 is 0. The van der Waals surface area contributed by atoms with Gasteiger partial charge in [0.25, 0.3) is 0 Å². The van der Waals surface area contributed by atoms with Gasteiger partial charge in [0.2, 0.25) is 0 Å². The predicted octanol–water partition coefficient (Wildman–Crippen LogP) is -1.81. The zero-order valence-corrected chi connectivity index (χ0v) is 22.8. The first-order chi connectivity index (χ1) is 15.6. The van der Waals surface area contributed by atoms with Crippen molar-refractivity contribution in [1.29, 1.82) is 0 Å². The molecule has 5 aliphatic rings. The SMILES string of the molecule is CO[C@@H]1[C@H](OC(=O)N2CC3(CCC(C(=O)[O-])O3)C2)CC[C@]2(CO2)[C@H]1[C@@]1(C)O[C@@H]1CC=C(C)C.[Na+]. The van der Waals surface area contributed by atoms with Gasteiger partial charge in [-0.25, -0.2) is 4.79 Å². The number of carbonyl (C=O) groups is 2. The first-order valence-corrected chi connectivity index (χ1v) is 11.9. The normalized spacial score (nSPS) is 41.4. The van der Waals surface area contributed by atoms with Crippen molar-refractivity contribution in [2.75, 3.05) is 26.8 Å². The van der Waals surface area contributed by atoms with E-state index in [9.17, 15) is 14.7 Å². The quantitative estimate of drug-likeness (QED) is 0.245. The van der Waals surface area contributed by atoms with E-state index in [1.165, 1.54) is 5.57 Å². The van der Waals surface area contributed by atoms with Gasteiger partial charge in [0.05, 0.1) is 43.8 Å². The van der Waals surface area contributed by atoms with Gasteiger partial charge in [0.15, 0.2) is 0 Å². The molecule has 5 fully saturated rings. The number of allylic oxidation sites excluding steroid dienone is 1. The van der Waals surface area contributed by atoms with Crippen LogP contribution in [0.1, 0.15) is 52.9 Å². The van der Waals surface area contributed by atoms with Crippen LogP contribution in [0.3, 0.4) is 0 Å². The fourth-order valence-electron chi connectivity index (χ4n) is 6.27. The summed E-state index contributed by atoms with van der Waals surface area (Å²) in [6, 6.07) is 0. The minimum Gasteiger partial charge on any atom is -0.547 e. The van der Waals surface area contributed by atoms with E-state index in [2.05, 4.69) is 26.8 Å². The molecule has 4 aliphatic heterocycles. The molecule has 0 radical (unpaired) electrons. The second kappa shape index (κ2) is 9.32. The Balaban J connectivity index is 0.00000274. The summed E-state index contributed by atoms with van der Waals surface area (Å²) in [6.07, 6.45) is 3.57. The maximum atomic E-state index is 12.9. The largest absolute Gasteiger partial charge is 1.00 e. The van der Waals surface area contributed by atoms with Crippen molar-refractivity contribution in [2.45, 2.75) is 94.1 Å². The zero-order chi connectivity index (χ0) is 23.6. The summed E-state index contributed by atoms with van der Waals surface area (Å²) in [6.45, 7) is 7.62.